The number of ether oxygens (including phenoxy) is 1. The van der Waals surface area contributed by atoms with E-state index in [1.165, 1.54) is 6.07 Å². The van der Waals surface area contributed by atoms with Crippen LogP contribution in [0.1, 0.15) is 23.5 Å². The van der Waals surface area contributed by atoms with E-state index < -0.39 is 4.92 Å². The summed E-state index contributed by atoms with van der Waals surface area (Å²) in [6.07, 6.45) is 1.73. The average Bonchev–Trinajstić information content (AvgIpc) is 3.37. The van der Waals surface area contributed by atoms with Crippen LogP contribution in [0.2, 0.25) is 0 Å². The molecule has 0 amide bonds. The standard InChI is InChI=1S/C21H20N4O4S/c1-28-13-12-24-20(19(23-21(24)30)15-7-4-5-11-22-15)18-10-9-17(29-18)14-6-2-3-8-16(14)25(26)27/h2-11,19-20H,12-13H2,1H3,(H,23,30)/t19-,20+/m1/s1. The molecule has 2 atom stereocenters. The first-order valence-corrected chi connectivity index (χ1v) is 9.81. The quantitative estimate of drug-likeness (QED) is 0.347. The first-order chi connectivity index (χ1) is 14.6. The van der Waals surface area contributed by atoms with Crippen LogP contribution in [0.15, 0.2) is 65.2 Å². The van der Waals surface area contributed by atoms with Crippen molar-refractivity contribution in [3.05, 3.63) is 82.4 Å². The molecular formula is C21H20N4O4S. The van der Waals surface area contributed by atoms with Gasteiger partial charge in [0.25, 0.3) is 5.69 Å². The molecule has 1 aliphatic heterocycles. The summed E-state index contributed by atoms with van der Waals surface area (Å²) in [5.41, 5.74) is 1.25. The Morgan fingerprint density at radius 1 is 1.23 bits per heavy atom. The van der Waals surface area contributed by atoms with Crippen LogP contribution in [0.3, 0.4) is 0 Å². The van der Waals surface area contributed by atoms with Crippen molar-refractivity contribution in [1.29, 1.82) is 0 Å². The third-order valence-electron chi connectivity index (χ3n) is 5.02. The number of para-hydroxylation sites is 1. The highest BCUT2D eigenvalue weighted by Gasteiger charge is 2.41. The molecule has 0 saturated carbocycles. The minimum Gasteiger partial charge on any atom is -0.459 e. The fourth-order valence-corrected chi connectivity index (χ4v) is 3.97. The van der Waals surface area contributed by atoms with Gasteiger partial charge in [0.05, 0.1) is 28.8 Å². The van der Waals surface area contributed by atoms with Crippen molar-refractivity contribution in [3.8, 4) is 11.3 Å². The zero-order valence-electron chi connectivity index (χ0n) is 16.2. The average molecular weight is 424 g/mol. The van der Waals surface area contributed by atoms with Crippen molar-refractivity contribution in [1.82, 2.24) is 15.2 Å². The maximum absolute atomic E-state index is 11.4. The SMILES string of the molecule is COCCN1C(=S)N[C@H](c2ccccn2)[C@@H]1c1ccc(-c2ccccc2[N+](=O)[O-])o1. The zero-order valence-corrected chi connectivity index (χ0v) is 17.0. The number of nitro benzene ring substituents is 1. The lowest BCUT2D eigenvalue weighted by Crippen LogP contribution is -2.32. The highest BCUT2D eigenvalue weighted by Crippen LogP contribution is 2.41. The summed E-state index contributed by atoms with van der Waals surface area (Å²) in [6, 6.07) is 15.3. The van der Waals surface area contributed by atoms with Crippen LogP contribution in [0.4, 0.5) is 5.69 Å². The monoisotopic (exact) mass is 424 g/mol. The molecule has 8 nitrogen and oxygen atoms in total. The van der Waals surface area contributed by atoms with Gasteiger partial charge in [0.15, 0.2) is 5.11 Å². The van der Waals surface area contributed by atoms with E-state index in [0.29, 0.717) is 35.3 Å². The number of benzene rings is 1. The summed E-state index contributed by atoms with van der Waals surface area (Å²) in [5, 5.41) is 15.3. The molecule has 154 valence electrons. The Kier molecular flexibility index (Phi) is 5.73. The van der Waals surface area contributed by atoms with Crippen LogP contribution in [0, 0.1) is 10.1 Å². The highest BCUT2D eigenvalue weighted by molar-refractivity contribution is 7.80. The van der Waals surface area contributed by atoms with Crippen molar-refractivity contribution in [3.63, 3.8) is 0 Å². The van der Waals surface area contributed by atoms with Crippen LogP contribution in [-0.2, 0) is 4.74 Å². The fourth-order valence-electron chi connectivity index (χ4n) is 3.64. The van der Waals surface area contributed by atoms with Gasteiger partial charge in [-0.15, -0.1) is 0 Å². The number of thiocarbonyl (C=S) groups is 1. The number of hydrogen-bond acceptors (Lipinski definition) is 6. The van der Waals surface area contributed by atoms with E-state index in [-0.39, 0.29) is 17.8 Å². The number of hydrogen-bond donors (Lipinski definition) is 1. The van der Waals surface area contributed by atoms with Gasteiger partial charge < -0.3 is 19.4 Å². The van der Waals surface area contributed by atoms with E-state index in [0.717, 1.165) is 5.69 Å². The van der Waals surface area contributed by atoms with E-state index in [2.05, 4.69) is 10.3 Å². The third-order valence-corrected chi connectivity index (χ3v) is 5.37. The van der Waals surface area contributed by atoms with Crippen LogP contribution in [0.25, 0.3) is 11.3 Å². The van der Waals surface area contributed by atoms with E-state index in [9.17, 15) is 10.1 Å². The smallest absolute Gasteiger partial charge is 0.280 e. The topological polar surface area (TPSA) is 93.7 Å². The number of nitrogens with zero attached hydrogens (tertiary/aromatic N) is 3. The van der Waals surface area contributed by atoms with E-state index in [1.807, 2.05) is 29.2 Å². The third kappa shape index (κ3) is 3.77. The number of pyridine rings is 1. The van der Waals surface area contributed by atoms with Gasteiger partial charge in [0.1, 0.15) is 17.6 Å². The molecule has 0 radical (unpaired) electrons. The van der Waals surface area contributed by atoms with Crippen molar-refractivity contribution >= 4 is 23.0 Å². The van der Waals surface area contributed by atoms with Gasteiger partial charge in [-0.05, 0) is 42.5 Å². The maximum atomic E-state index is 11.4. The zero-order chi connectivity index (χ0) is 21.1. The number of nitrogens with one attached hydrogen (secondary N) is 1. The fraction of sp³-hybridized carbons (Fsp3) is 0.238. The molecule has 1 aromatic carbocycles. The molecule has 2 aromatic heterocycles. The normalized spacial score (nSPS) is 18.4. The summed E-state index contributed by atoms with van der Waals surface area (Å²) in [7, 11) is 1.64. The van der Waals surface area contributed by atoms with Gasteiger partial charge in [-0.1, -0.05) is 18.2 Å². The van der Waals surface area contributed by atoms with Crippen molar-refractivity contribution < 1.29 is 14.1 Å². The Morgan fingerprint density at radius 2 is 2.03 bits per heavy atom. The van der Waals surface area contributed by atoms with E-state index >= 15 is 0 Å². The second kappa shape index (κ2) is 8.60. The summed E-state index contributed by atoms with van der Waals surface area (Å²) >= 11 is 5.56. The van der Waals surface area contributed by atoms with Crippen molar-refractivity contribution in [2.45, 2.75) is 12.1 Å². The molecule has 1 saturated heterocycles. The maximum Gasteiger partial charge on any atom is 0.280 e. The Morgan fingerprint density at radius 3 is 2.77 bits per heavy atom. The number of aromatic nitrogens is 1. The van der Waals surface area contributed by atoms with Gasteiger partial charge >= 0.3 is 0 Å². The molecule has 1 aliphatic rings. The van der Waals surface area contributed by atoms with Gasteiger partial charge in [-0.3, -0.25) is 15.1 Å². The van der Waals surface area contributed by atoms with Crippen LogP contribution < -0.4 is 5.32 Å². The second-order valence-corrected chi connectivity index (χ2v) is 7.18. The number of methoxy groups -OCH3 is 1. The Labute approximate surface area is 178 Å². The molecule has 0 bridgehead atoms. The predicted molar refractivity (Wildman–Crippen MR) is 115 cm³/mol. The van der Waals surface area contributed by atoms with Gasteiger partial charge in [0, 0.05) is 25.9 Å². The lowest BCUT2D eigenvalue weighted by molar-refractivity contribution is -0.384. The minimum absolute atomic E-state index is 0.00372. The molecule has 3 heterocycles. The van der Waals surface area contributed by atoms with Crippen molar-refractivity contribution in [2.24, 2.45) is 0 Å². The minimum atomic E-state index is -0.411. The first-order valence-electron chi connectivity index (χ1n) is 9.40. The Hall–Kier alpha value is -3.30. The molecule has 30 heavy (non-hydrogen) atoms. The van der Waals surface area contributed by atoms with Gasteiger partial charge in [0.2, 0.25) is 0 Å². The number of nitro groups is 1. The van der Waals surface area contributed by atoms with Gasteiger partial charge in [-0.2, -0.15) is 0 Å². The number of rotatable bonds is 7. The molecular weight excluding hydrogens is 404 g/mol. The lowest BCUT2D eigenvalue weighted by Gasteiger charge is -2.25. The molecule has 3 aromatic rings. The number of furan rings is 1. The largest absolute Gasteiger partial charge is 0.459 e. The van der Waals surface area contributed by atoms with E-state index in [1.54, 1.807) is 37.6 Å². The predicted octanol–water partition coefficient (Wildman–Crippen LogP) is 3.87. The van der Waals surface area contributed by atoms with Crippen molar-refractivity contribution in [2.75, 3.05) is 20.3 Å². The summed E-state index contributed by atoms with van der Waals surface area (Å²) in [4.78, 5) is 17.5. The first kappa shape index (κ1) is 20.0. The van der Waals surface area contributed by atoms with Crippen LogP contribution in [-0.4, -0.2) is 40.2 Å². The Bertz CT molecular complexity index is 1060. The van der Waals surface area contributed by atoms with Crippen LogP contribution in [0.5, 0.6) is 0 Å². The second-order valence-electron chi connectivity index (χ2n) is 6.79. The Balaban J connectivity index is 1.74. The molecule has 4 rings (SSSR count). The molecule has 9 heteroatoms. The summed E-state index contributed by atoms with van der Waals surface area (Å²) < 4.78 is 11.4. The molecule has 1 fully saturated rings. The molecule has 0 spiro atoms. The lowest BCUT2D eigenvalue weighted by atomic mass is 10.0. The molecule has 0 aliphatic carbocycles. The summed E-state index contributed by atoms with van der Waals surface area (Å²) in [6.45, 7) is 1.06. The summed E-state index contributed by atoms with van der Waals surface area (Å²) in [5.74, 6) is 1.07. The van der Waals surface area contributed by atoms with Crippen LogP contribution >= 0.6 is 12.2 Å². The van der Waals surface area contributed by atoms with E-state index in [4.69, 9.17) is 21.4 Å². The molecule has 1 N–H and O–H groups in total. The molecule has 0 unspecified atom stereocenters. The van der Waals surface area contributed by atoms with Gasteiger partial charge in [-0.25, -0.2) is 0 Å². The highest BCUT2D eigenvalue weighted by atomic mass is 32.1.